The van der Waals surface area contributed by atoms with Crippen molar-refractivity contribution < 1.29 is 14.3 Å². The lowest BCUT2D eigenvalue weighted by Crippen LogP contribution is -2.24. The van der Waals surface area contributed by atoms with E-state index in [0.29, 0.717) is 17.9 Å². The van der Waals surface area contributed by atoms with Gasteiger partial charge in [0.2, 0.25) is 5.91 Å². The summed E-state index contributed by atoms with van der Waals surface area (Å²) in [5.74, 6) is 2.11. The van der Waals surface area contributed by atoms with Crippen molar-refractivity contribution in [2.75, 3.05) is 12.4 Å². The van der Waals surface area contributed by atoms with Crippen molar-refractivity contribution in [1.29, 1.82) is 0 Å². The molecule has 1 unspecified atom stereocenters. The van der Waals surface area contributed by atoms with Crippen molar-refractivity contribution in [2.24, 2.45) is 0 Å². The molecule has 3 heterocycles. The fourth-order valence-electron chi connectivity index (χ4n) is 4.77. The second-order valence-corrected chi connectivity index (χ2v) is 9.11. The maximum atomic E-state index is 12.7. The monoisotopic (exact) mass is 506 g/mol. The van der Waals surface area contributed by atoms with E-state index >= 15 is 0 Å². The fourth-order valence-corrected chi connectivity index (χ4v) is 4.77. The molecule has 190 valence electrons. The van der Waals surface area contributed by atoms with Gasteiger partial charge in [0.1, 0.15) is 29.6 Å². The van der Waals surface area contributed by atoms with Crippen LogP contribution >= 0.6 is 0 Å². The van der Waals surface area contributed by atoms with Gasteiger partial charge in [-0.1, -0.05) is 35.5 Å². The number of methoxy groups -OCH3 is 1. The molecule has 0 aliphatic carbocycles. The normalized spacial score (nSPS) is 14.6. The molecule has 0 saturated heterocycles. The third-order valence-electron chi connectivity index (χ3n) is 6.65. The maximum absolute atomic E-state index is 12.7. The van der Waals surface area contributed by atoms with Gasteiger partial charge in [0.25, 0.3) is 0 Å². The summed E-state index contributed by atoms with van der Waals surface area (Å²) in [5, 5.41) is 16.2. The minimum Gasteiger partial charge on any atom is -0.497 e. The summed E-state index contributed by atoms with van der Waals surface area (Å²) in [7, 11) is 1.64. The number of nitrogens with one attached hydrogen (secondary N) is 1. The maximum Gasteiger partial charge on any atom is 0.226 e. The van der Waals surface area contributed by atoms with Gasteiger partial charge < -0.3 is 14.8 Å². The van der Waals surface area contributed by atoms with Gasteiger partial charge in [0.05, 0.1) is 30.4 Å². The Morgan fingerprint density at radius 2 is 1.68 bits per heavy atom. The molecule has 0 saturated carbocycles. The molecular weight excluding hydrogens is 480 g/mol. The summed E-state index contributed by atoms with van der Waals surface area (Å²) in [6.45, 7) is 2.27. The van der Waals surface area contributed by atoms with Gasteiger partial charge in [-0.2, -0.15) is 5.10 Å². The summed E-state index contributed by atoms with van der Waals surface area (Å²) < 4.78 is 14.7. The molecule has 0 radical (unpaired) electrons. The lowest BCUT2D eigenvalue weighted by atomic mass is 9.86. The minimum atomic E-state index is -0.0883. The van der Waals surface area contributed by atoms with Gasteiger partial charge in [-0.05, 0) is 61.0 Å². The van der Waals surface area contributed by atoms with Crippen LogP contribution in [-0.2, 0) is 11.4 Å². The predicted molar refractivity (Wildman–Crippen MR) is 142 cm³/mol. The predicted octanol–water partition coefficient (Wildman–Crippen LogP) is 4.82. The number of rotatable bonds is 7. The standard InChI is InChI=1S/C29H26N6O3/c1-19-28-26(16-27(36)30-29(28)35(32-19)23-6-4-3-5-7-23)20-8-12-25(13-9-20)38-18-21-17-34(33-31-21)22-10-14-24(37-2)15-11-22/h3-15,17,26H,16,18H2,1-2H3,(H,30,36). The number of nitrogens with zero attached hydrogens (tertiary/aromatic N) is 5. The van der Waals surface area contributed by atoms with Crippen LogP contribution in [0.25, 0.3) is 11.4 Å². The first-order valence-corrected chi connectivity index (χ1v) is 12.3. The number of aromatic nitrogens is 5. The van der Waals surface area contributed by atoms with E-state index in [2.05, 4.69) is 15.6 Å². The van der Waals surface area contributed by atoms with Gasteiger partial charge in [0, 0.05) is 17.9 Å². The van der Waals surface area contributed by atoms with Crippen LogP contribution in [-0.4, -0.2) is 37.8 Å². The van der Waals surface area contributed by atoms with Crippen LogP contribution in [0.3, 0.4) is 0 Å². The number of ether oxygens (including phenoxy) is 2. The molecule has 0 spiro atoms. The third-order valence-corrected chi connectivity index (χ3v) is 6.65. The number of carbonyl (C=O) groups is 1. The lowest BCUT2D eigenvalue weighted by molar-refractivity contribution is -0.116. The summed E-state index contributed by atoms with van der Waals surface area (Å²) in [6.07, 6.45) is 2.20. The number of amides is 1. The van der Waals surface area contributed by atoms with E-state index in [9.17, 15) is 4.79 Å². The zero-order chi connectivity index (χ0) is 26.1. The van der Waals surface area contributed by atoms with E-state index < -0.39 is 0 Å². The van der Waals surface area contributed by atoms with Gasteiger partial charge in [-0.3, -0.25) is 4.79 Å². The smallest absolute Gasteiger partial charge is 0.226 e. The van der Waals surface area contributed by atoms with Crippen molar-refractivity contribution in [2.45, 2.75) is 25.9 Å². The SMILES string of the molecule is COc1ccc(-n2cc(COc3ccc(C4CC(=O)Nc5c4c(C)nn5-c4ccccc4)cc3)nn2)cc1. The molecule has 9 heteroatoms. The van der Waals surface area contributed by atoms with Crippen molar-refractivity contribution >= 4 is 11.7 Å². The molecule has 1 N–H and O–H groups in total. The van der Waals surface area contributed by atoms with Crippen LogP contribution in [0.15, 0.2) is 85.1 Å². The van der Waals surface area contributed by atoms with Crippen LogP contribution in [0.1, 0.15) is 34.9 Å². The zero-order valence-electron chi connectivity index (χ0n) is 21.0. The average molecular weight is 507 g/mol. The largest absolute Gasteiger partial charge is 0.497 e. The van der Waals surface area contributed by atoms with Crippen molar-refractivity contribution in [3.63, 3.8) is 0 Å². The molecule has 2 aromatic heterocycles. The van der Waals surface area contributed by atoms with Gasteiger partial charge in [-0.15, -0.1) is 5.10 Å². The number of benzene rings is 3. The third kappa shape index (κ3) is 4.50. The summed E-state index contributed by atoms with van der Waals surface area (Å²) in [6, 6.07) is 25.3. The molecule has 9 nitrogen and oxygen atoms in total. The van der Waals surface area contributed by atoms with E-state index in [0.717, 1.165) is 39.8 Å². The van der Waals surface area contributed by atoms with Crippen molar-refractivity contribution in [3.05, 3.63) is 108 Å². The topological polar surface area (TPSA) is 96.1 Å². The molecule has 6 rings (SSSR count). The van der Waals surface area contributed by atoms with Crippen LogP contribution in [0.5, 0.6) is 11.5 Å². The number of hydrogen-bond donors (Lipinski definition) is 1. The molecule has 1 aliphatic rings. The molecular formula is C29H26N6O3. The Kier molecular flexibility index (Phi) is 6.09. The zero-order valence-corrected chi connectivity index (χ0v) is 21.0. The molecule has 1 amide bonds. The minimum absolute atomic E-state index is 0.0279. The Labute approximate surface area is 219 Å². The number of para-hydroxylation sites is 1. The highest BCUT2D eigenvalue weighted by Gasteiger charge is 2.32. The second-order valence-electron chi connectivity index (χ2n) is 9.11. The molecule has 0 bridgehead atoms. The highest BCUT2D eigenvalue weighted by Crippen LogP contribution is 2.40. The first kappa shape index (κ1) is 23.5. The van der Waals surface area contributed by atoms with Gasteiger partial charge in [-0.25, -0.2) is 9.36 Å². The van der Waals surface area contributed by atoms with Crippen molar-refractivity contribution in [3.8, 4) is 22.9 Å². The Morgan fingerprint density at radius 1 is 0.947 bits per heavy atom. The molecule has 1 atom stereocenters. The number of anilines is 1. The second kappa shape index (κ2) is 9.85. The van der Waals surface area contributed by atoms with Gasteiger partial charge >= 0.3 is 0 Å². The number of carbonyl (C=O) groups excluding carboxylic acids is 1. The molecule has 5 aromatic rings. The average Bonchev–Trinajstić information content (AvgIpc) is 3.57. The van der Waals surface area contributed by atoms with E-state index in [1.54, 1.807) is 11.8 Å². The molecule has 38 heavy (non-hydrogen) atoms. The Balaban J connectivity index is 1.18. The van der Waals surface area contributed by atoms with E-state index in [1.807, 2.05) is 96.7 Å². The molecule has 1 aliphatic heterocycles. The van der Waals surface area contributed by atoms with Gasteiger partial charge in [0.15, 0.2) is 0 Å². The van der Waals surface area contributed by atoms with E-state index in [-0.39, 0.29) is 18.4 Å². The van der Waals surface area contributed by atoms with Crippen LogP contribution < -0.4 is 14.8 Å². The lowest BCUT2D eigenvalue weighted by Gasteiger charge is -2.24. The van der Waals surface area contributed by atoms with Crippen LogP contribution in [0.4, 0.5) is 5.82 Å². The van der Waals surface area contributed by atoms with E-state index in [4.69, 9.17) is 14.6 Å². The first-order chi connectivity index (χ1) is 18.6. The fraction of sp³-hybridized carbons (Fsp3) is 0.172. The molecule has 3 aromatic carbocycles. The Morgan fingerprint density at radius 3 is 2.42 bits per heavy atom. The Hall–Kier alpha value is -4.92. The van der Waals surface area contributed by atoms with Crippen LogP contribution in [0, 0.1) is 6.92 Å². The Bertz CT molecular complexity index is 1570. The molecule has 0 fully saturated rings. The summed E-state index contributed by atoms with van der Waals surface area (Å²) >= 11 is 0. The summed E-state index contributed by atoms with van der Waals surface area (Å²) in [5.41, 5.74) is 5.48. The van der Waals surface area contributed by atoms with E-state index in [1.165, 1.54) is 0 Å². The number of fused-ring (bicyclic) bond motifs is 1. The highest BCUT2D eigenvalue weighted by atomic mass is 16.5. The first-order valence-electron chi connectivity index (χ1n) is 12.3. The highest BCUT2D eigenvalue weighted by molar-refractivity contribution is 5.95. The van der Waals surface area contributed by atoms with Crippen LogP contribution in [0.2, 0.25) is 0 Å². The summed E-state index contributed by atoms with van der Waals surface area (Å²) in [4.78, 5) is 12.7. The quantitative estimate of drug-likeness (QED) is 0.340. The van der Waals surface area contributed by atoms with Crippen molar-refractivity contribution in [1.82, 2.24) is 24.8 Å². The number of hydrogen-bond acceptors (Lipinski definition) is 6. The number of aryl methyl sites for hydroxylation is 1.